The maximum Gasteiger partial charge on any atom is 0.0558 e. The van der Waals surface area contributed by atoms with Gasteiger partial charge in [-0.1, -0.05) is 50.5 Å². The van der Waals surface area contributed by atoms with Crippen LogP contribution in [-0.2, 0) is 0 Å². The van der Waals surface area contributed by atoms with E-state index in [-0.39, 0.29) is 6.61 Å². The molecule has 0 saturated carbocycles. The average molecular weight is 289 g/mol. The molecule has 0 aliphatic rings. The minimum absolute atomic E-state index is 0.261. The molecule has 118 valence electrons. The van der Waals surface area contributed by atoms with Crippen LogP contribution in [0.15, 0.2) is 12.2 Å². The van der Waals surface area contributed by atoms with Gasteiger partial charge in [0, 0.05) is 13.0 Å². The number of hydrogen-bond acceptors (Lipinski definition) is 2. The second kappa shape index (κ2) is 16.8. The molecule has 0 aliphatic carbocycles. The molecule has 1 N–H and O–H groups in total. The molecule has 0 heterocycles. The third-order valence-electron chi connectivity index (χ3n) is 3.23. The van der Waals surface area contributed by atoms with E-state index in [0.29, 0.717) is 0 Å². The van der Waals surface area contributed by atoms with Gasteiger partial charge in [-0.3, -0.25) is 0 Å². The van der Waals surface area contributed by atoms with E-state index in [4.69, 9.17) is 5.11 Å². The summed E-state index contributed by atoms with van der Waals surface area (Å²) in [5, 5.41) is 8.79. The van der Waals surface area contributed by atoms with E-state index in [1.54, 1.807) is 0 Å². The van der Waals surface area contributed by atoms with Gasteiger partial charge in [0.15, 0.2) is 0 Å². The van der Waals surface area contributed by atoms with Crippen molar-refractivity contribution in [3.05, 3.63) is 12.2 Å². The first-order valence-corrected chi connectivity index (χ1v) is 8.24. The highest BCUT2D eigenvalue weighted by atomic mass is 16.3. The van der Waals surface area contributed by atoms with Crippen molar-refractivity contribution in [3.8, 4) is 23.7 Å². The van der Waals surface area contributed by atoms with Gasteiger partial charge < -0.3 is 10.0 Å². The summed E-state index contributed by atoms with van der Waals surface area (Å²) in [7, 11) is 2.07. The van der Waals surface area contributed by atoms with Gasteiger partial charge in [0.1, 0.15) is 0 Å². The first kappa shape index (κ1) is 19.8. The minimum Gasteiger partial charge on any atom is -0.395 e. The summed E-state index contributed by atoms with van der Waals surface area (Å²) in [6.07, 6.45) is 13.5. The molecule has 0 aliphatic heterocycles. The standard InChI is InChI=1S/C19H31NO/c1-3-4-5-6-7-8-9-10-11-12-13-14-15-16-17-20(2)18-19-21/h4-5,21H,3,10-19H2,1-2H3. The second-order valence-corrected chi connectivity index (χ2v) is 5.28. The van der Waals surface area contributed by atoms with Crippen molar-refractivity contribution in [2.24, 2.45) is 0 Å². The highest BCUT2D eigenvalue weighted by Crippen LogP contribution is 2.07. The SMILES string of the molecule is CCC=CC#CC#CCCCCCCCCN(C)CCO. The second-order valence-electron chi connectivity index (χ2n) is 5.28. The third kappa shape index (κ3) is 16.7. The molecule has 0 fully saturated rings. The van der Waals surface area contributed by atoms with E-state index in [2.05, 4.69) is 42.6 Å². The van der Waals surface area contributed by atoms with Gasteiger partial charge in [-0.15, -0.1) is 0 Å². The van der Waals surface area contributed by atoms with Crippen LogP contribution >= 0.6 is 0 Å². The molecule has 0 amide bonds. The van der Waals surface area contributed by atoms with Crippen LogP contribution < -0.4 is 0 Å². The lowest BCUT2D eigenvalue weighted by Gasteiger charge is -2.14. The van der Waals surface area contributed by atoms with Crippen LogP contribution in [0.25, 0.3) is 0 Å². The number of unbranched alkanes of at least 4 members (excludes halogenated alkanes) is 6. The van der Waals surface area contributed by atoms with Crippen LogP contribution in [0.2, 0.25) is 0 Å². The molecule has 0 spiro atoms. The van der Waals surface area contributed by atoms with Crippen molar-refractivity contribution in [2.75, 3.05) is 26.7 Å². The van der Waals surface area contributed by atoms with Crippen molar-refractivity contribution >= 4 is 0 Å². The zero-order valence-corrected chi connectivity index (χ0v) is 13.8. The first-order valence-electron chi connectivity index (χ1n) is 8.24. The van der Waals surface area contributed by atoms with Crippen LogP contribution in [0, 0.1) is 23.7 Å². The van der Waals surface area contributed by atoms with Gasteiger partial charge in [0.05, 0.1) is 6.61 Å². The van der Waals surface area contributed by atoms with E-state index in [1.807, 2.05) is 12.2 Å². The fourth-order valence-electron chi connectivity index (χ4n) is 1.95. The third-order valence-corrected chi connectivity index (χ3v) is 3.23. The fraction of sp³-hybridized carbons (Fsp3) is 0.684. The Balaban J connectivity index is 3.31. The number of hydrogen-bond donors (Lipinski definition) is 1. The number of nitrogens with zero attached hydrogens (tertiary/aromatic N) is 1. The summed E-state index contributed by atoms with van der Waals surface area (Å²) >= 11 is 0. The van der Waals surface area contributed by atoms with Gasteiger partial charge in [-0.25, -0.2) is 0 Å². The maximum atomic E-state index is 8.79. The summed E-state index contributed by atoms with van der Waals surface area (Å²) in [6, 6.07) is 0. The van der Waals surface area contributed by atoms with Crippen molar-refractivity contribution in [1.82, 2.24) is 4.90 Å². The van der Waals surface area contributed by atoms with Gasteiger partial charge in [0.2, 0.25) is 0 Å². The molecule has 21 heavy (non-hydrogen) atoms. The number of likely N-dealkylation sites (N-methyl/N-ethyl adjacent to an activating group) is 1. The van der Waals surface area contributed by atoms with E-state index >= 15 is 0 Å². The summed E-state index contributed by atoms with van der Waals surface area (Å²) in [5.41, 5.74) is 0. The summed E-state index contributed by atoms with van der Waals surface area (Å²) in [5.74, 6) is 11.7. The van der Waals surface area contributed by atoms with Crippen LogP contribution in [0.4, 0.5) is 0 Å². The quantitative estimate of drug-likeness (QED) is 0.464. The lowest BCUT2D eigenvalue weighted by molar-refractivity contribution is 0.219. The monoisotopic (exact) mass is 289 g/mol. The fourth-order valence-corrected chi connectivity index (χ4v) is 1.95. The Morgan fingerprint density at radius 3 is 2.38 bits per heavy atom. The zero-order chi connectivity index (χ0) is 15.6. The van der Waals surface area contributed by atoms with Crippen molar-refractivity contribution in [3.63, 3.8) is 0 Å². The smallest absolute Gasteiger partial charge is 0.0558 e. The lowest BCUT2D eigenvalue weighted by Crippen LogP contribution is -2.23. The number of allylic oxidation sites excluding steroid dienone is 2. The molecule has 2 nitrogen and oxygen atoms in total. The lowest BCUT2D eigenvalue weighted by atomic mass is 10.1. The molecule has 0 radical (unpaired) electrons. The normalized spacial score (nSPS) is 10.3. The summed E-state index contributed by atoms with van der Waals surface area (Å²) in [6.45, 7) is 4.24. The molecular weight excluding hydrogens is 258 g/mol. The topological polar surface area (TPSA) is 23.5 Å². The molecule has 0 saturated heterocycles. The molecule has 0 aromatic carbocycles. The predicted molar refractivity (Wildman–Crippen MR) is 91.9 cm³/mol. The summed E-state index contributed by atoms with van der Waals surface area (Å²) < 4.78 is 0. The molecule has 0 atom stereocenters. The Bertz CT molecular complexity index is 364. The van der Waals surface area contributed by atoms with Gasteiger partial charge >= 0.3 is 0 Å². The molecular formula is C19H31NO. The molecule has 0 bridgehead atoms. The Labute approximate surface area is 131 Å². The molecule has 0 aromatic heterocycles. The maximum absolute atomic E-state index is 8.79. The zero-order valence-electron chi connectivity index (χ0n) is 13.8. The number of rotatable bonds is 11. The molecule has 0 unspecified atom stereocenters. The van der Waals surface area contributed by atoms with Crippen molar-refractivity contribution in [2.45, 2.75) is 58.3 Å². The minimum atomic E-state index is 0.261. The van der Waals surface area contributed by atoms with Crippen molar-refractivity contribution in [1.29, 1.82) is 0 Å². The number of aliphatic hydroxyl groups excluding tert-OH is 1. The van der Waals surface area contributed by atoms with Crippen LogP contribution in [0.5, 0.6) is 0 Å². The Morgan fingerprint density at radius 2 is 1.67 bits per heavy atom. The van der Waals surface area contributed by atoms with Gasteiger partial charge in [-0.2, -0.15) is 0 Å². The predicted octanol–water partition coefficient (Wildman–Crippen LogP) is 3.61. The van der Waals surface area contributed by atoms with E-state index < -0.39 is 0 Å². The van der Waals surface area contributed by atoms with Crippen LogP contribution in [-0.4, -0.2) is 36.8 Å². The van der Waals surface area contributed by atoms with Gasteiger partial charge in [0.25, 0.3) is 0 Å². The highest BCUT2D eigenvalue weighted by molar-refractivity contribution is 5.30. The Morgan fingerprint density at radius 1 is 0.952 bits per heavy atom. The molecule has 0 rings (SSSR count). The van der Waals surface area contributed by atoms with Crippen molar-refractivity contribution < 1.29 is 5.11 Å². The molecule has 2 heteroatoms. The van der Waals surface area contributed by atoms with Gasteiger partial charge in [-0.05, 0) is 50.8 Å². The highest BCUT2D eigenvalue weighted by Gasteiger charge is 1.96. The van der Waals surface area contributed by atoms with Crippen LogP contribution in [0.3, 0.4) is 0 Å². The Kier molecular flexibility index (Phi) is 15.9. The average Bonchev–Trinajstić information content (AvgIpc) is 2.48. The Hall–Kier alpha value is -1.22. The number of aliphatic hydroxyl groups is 1. The van der Waals surface area contributed by atoms with E-state index in [9.17, 15) is 0 Å². The van der Waals surface area contributed by atoms with E-state index in [1.165, 1.54) is 38.5 Å². The summed E-state index contributed by atoms with van der Waals surface area (Å²) in [4.78, 5) is 2.19. The van der Waals surface area contributed by atoms with E-state index in [0.717, 1.165) is 25.9 Å². The van der Waals surface area contributed by atoms with Crippen LogP contribution in [0.1, 0.15) is 58.3 Å². The largest absolute Gasteiger partial charge is 0.395 e. The first-order chi connectivity index (χ1) is 10.3. The molecule has 0 aromatic rings.